The lowest BCUT2D eigenvalue weighted by Crippen LogP contribution is -2.37. The van der Waals surface area contributed by atoms with Crippen LogP contribution < -0.4 is 15.8 Å². The van der Waals surface area contributed by atoms with Gasteiger partial charge >= 0.3 is 0 Å². The molecule has 0 aliphatic carbocycles. The van der Waals surface area contributed by atoms with Crippen molar-refractivity contribution in [3.63, 3.8) is 0 Å². The monoisotopic (exact) mass is 272 g/mol. The summed E-state index contributed by atoms with van der Waals surface area (Å²) in [6, 6.07) is 1.66. The molecule has 19 heavy (non-hydrogen) atoms. The quantitative estimate of drug-likeness (QED) is 0.616. The van der Waals surface area contributed by atoms with Crippen LogP contribution in [0.4, 0.5) is 14.5 Å². The van der Waals surface area contributed by atoms with Gasteiger partial charge in [-0.2, -0.15) is 0 Å². The molecule has 1 aromatic rings. The van der Waals surface area contributed by atoms with Gasteiger partial charge in [0.1, 0.15) is 5.82 Å². The van der Waals surface area contributed by atoms with Crippen molar-refractivity contribution >= 4 is 11.6 Å². The molecule has 0 aromatic heterocycles. The molecule has 1 amide bonds. The van der Waals surface area contributed by atoms with Crippen molar-refractivity contribution < 1.29 is 18.3 Å². The molecule has 0 fully saturated rings. The number of carbonyl (C=O) groups excluding carboxylic acids is 1. The first kappa shape index (κ1) is 15.2. The predicted molar refractivity (Wildman–Crippen MR) is 68.8 cm³/mol. The maximum absolute atomic E-state index is 13.5. The normalized spacial score (nSPS) is 12.0. The summed E-state index contributed by atoms with van der Waals surface area (Å²) in [5.41, 5.74) is 4.91. The third-order valence-electron chi connectivity index (χ3n) is 2.55. The lowest BCUT2D eigenvalue weighted by molar-refractivity contribution is -0.127. The van der Waals surface area contributed by atoms with Gasteiger partial charge in [0, 0.05) is 18.7 Å². The van der Waals surface area contributed by atoms with Crippen LogP contribution in [0.2, 0.25) is 0 Å². The summed E-state index contributed by atoms with van der Waals surface area (Å²) in [4.78, 5) is 11.6. The van der Waals surface area contributed by atoms with E-state index in [1.165, 1.54) is 6.92 Å². The number of nitrogens with one attached hydrogen (secondary N) is 1. The SMILES string of the molecule is CCCCNC(=O)C(C)Oc1cc(F)c(N)cc1F. The second-order valence-electron chi connectivity index (χ2n) is 4.21. The van der Waals surface area contributed by atoms with Gasteiger partial charge in [-0.3, -0.25) is 4.79 Å². The van der Waals surface area contributed by atoms with E-state index in [0.717, 1.165) is 25.0 Å². The lowest BCUT2D eigenvalue weighted by atomic mass is 10.2. The number of hydrogen-bond donors (Lipinski definition) is 2. The second-order valence-corrected chi connectivity index (χ2v) is 4.21. The number of benzene rings is 1. The highest BCUT2D eigenvalue weighted by atomic mass is 19.1. The van der Waals surface area contributed by atoms with Crippen LogP contribution in [0, 0.1) is 11.6 Å². The van der Waals surface area contributed by atoms with Gasteiger partial charge in [0.05, 0.1) is 5.69 Å². The maximum Gasteiger partial charge on any atom is 0.260 e. The first-order chi connectivity index (χ1) is 8.95. The number of nitrogens with two attached hydrogens (primary N) is 1. The molecule has 0 saturated carbocycles. The third-order valence-corrected chi connectivity index (χ3v) is 2.55. The van der Waals surface area contributed by atoms with E-state index in [1.54, 1.807) is 0 Å². The Bertz CT molecular complexity index is 453. The van der Waals surface area contributed by atoms with E-state index in [2.05, 4.69) is 5.32 Å². The number of carbonyl (C=O) groups is 1. The van der Waals surface area contributed by atoms with E-state index in [0.29, 0.717) is 6.54 Å². The van der Waals surface area contributed by atoms with Crippen LogP contribution in [-0.2, 0) is 4.79 Å². The smallest absolute Gasteiger partial charge is 0.260 e. The number of nitrogen functional groups attached to an aromatic ring is 1. The van der Waals surface area contributed by atoms with Crippen LogP contribution in [0.15, 0.2) is 12.1 Å². The zero-order chi connectivity index (χ0) is 14.4. The minimum absolute atomic E-state index is 0.301. The van der Waals surface area contributed by atoms with Crippen LogP contribution in [0.25, 0.3) is 0 Å². The van der Waals surface area contributed by atoms with Crippen molar-refractivity contribution in [1.29, 1.82) is 0 Å². The summed E-state index contributed by atoms with van der Waals surface area (Å²) in [5.74, 6) is -2.28. The summed E-state index contributed by atoms with van der Waals surface area (Å²) in [6.07, 6.45) is 0.894. The fourth-order valence-corrected chi connectivity index (χ4v) is 1.41. The van der Waals surface area contributed by atoms with E-state index in [1.807, 2.05) is 6.92 Å². The van der Waals surface area contributed by atoms with E-state index >= 15 is 0 Å². The van der Waals surface area contributed by atoms with Crippen LogP contribution in [0.3, 0.4) is 0 Å². The standard InChI is InChI=1S/C13H18F2N2O2/c1-3-4-5-17-13(18)8(2)19-12-7-9(14)11(16)6-10(12)15/h6-8H,3-5,16H2,1-2H3,(H,17,18). The van der Waals surface area contributed by atoms with E-state index in [-0.39, 0.29) is 17.3 Å². The number of amides is 1. The number of ether oxygens (including phenoxy) is 1. The highest BCUT2D eigenvalue weighted by molar-refractivity contribution is 5.80. The second kappa shape index (κ2) is 6.92. The van der Waals surface area contributed by atoms with Crippen molar-refractivity contribution in [3.8, 4) is 5.75 Å². The summed E-state index contributed by atoms with van der Waals surface area (Å²) in [6.45, 7) is 4.00. The van der Waals surface area contributed by atoms with Gasteiger partial charge in [0.2, 0.25) is 0 Å². The molecular formula is C13H18F2N2O2. The minimum atomic E-state index is -0.908. The molecule has 1 atom stereocenters. The molecule has 0 bridgehead atoms. The fourth-order valence-electron chi connectivity index (χ4n) is 1.41. The molecule has 0 radical (unpaired) electrons. The molecule has 106 valence electrons. The molecule has 1 rings (SSSR count). The summed E-state index contributed by atoms with van der Waals surface area (Å²) < 4.78 is 31.7. The number of halogens is 2. The van der Waals surface area contributed by atoms with Crippen molar-refractivity contribution in [1.82, 2.24) is 5.32 Å². The van der Waals surface area contributed by atoms with Crippen molar-refractivity contribution in [3.05, 3.63) is 23.8 Å². The summed E-state index contributed by atoms with van der Waals surface area (Å²) >= 11 is 0. The Hall–Kier alpha value is -1.85. The molecule has 0 heterocycles. The van der Waals surface area contributed by atoms with Gasteiger partial charge in [-0.1, -0.05) is 13.3 Å². The van der Waals surface area contributed by atoms with Crippen LogP contribution >= 0.6 is 0 Å². The third kappa shape index (κ3) is 4.39. The number of hydrogen-bond acceptors (Lipinski definition) is 3. The van der Waals surface area contributed by atoms with Gasteiger partial charge in [-0.25, -0.2) is 8.78 Å². The maximum atomic E-state index is 13.5. The van der Waals surface area contributed by atoms with E-state index in [4.69, 9.17) is 10.5 Å². The Balaban J connectivity index is 2.63. The number of anilines is 1. The highest BCUT2D eigenvalue weighted by Gasteiger charge is 2.17. The average Bonchev–Trinajstić information content (AvgIpc) is 2.36. The van der Waals surface area contributed by atoms with Gasteiger partial charge in [0.15, 0.2) is 17.7 Å². The Morgan fingerprint density at radius 3 is 2.74 bits per heavy atom. The molecule has 4 nitrogen and oxygen atoms in total. The van der Waals surface area contributed by atoms with Crippen molar-refractivity contribution in [2.75, 3.05) is 12.3 Å². The zero-order valence-electron chi connectivity index (χ0n) is 11.0. The molecule has 1 aromatic carbocycles. The predicted octanol–water partition coefficient (Wildman–Crippen LogP) is 2.23. The van der Waals surface area contributed by atoms with Gasteiger partial charge < -0.3 is 15.8 Å². The minimum Gasteiger partial charge on any atom is -0.478 e. The van der Waals surface area contributed by atoms with E-state index < -0.39 is 17.7 Å². The van der Waals surface area contributed by atoms with Gasteiger partial charge in [-0.05, 0) is 13.3 Å². The Kier molecular flexibility index (Phi) is 5.54. The summed E-state index contributed by atoms with van der Waals surface area (Å²) in [7, 11) is 0. The molecule has 0 aliphatic heterocycles. The molecule has 3 N–H and O–H groups in total. The number of rotatable bonds is 6. The molecule has 0 aliphatic rings. The lowest BCUT2D eigenvalue weighted by Gasteiger charge is -2.15. The van der Waals surface area contributed by atoms with Gasteiger partial charge in [-0.15, -0.1) is 0 Å². The van der Waals surface area contributed by atoms with Crippen LogP contribution in [0.5, 0.6) is 5.75 Å². The fraction of sp³-hybridized carbons (Fsp3) is 0.462. The molecule has 1 unspecified atom stereocenters. The Morgan fingerprint density at radius 1 is 1.42 bits per heavy atom. The average molecular weight is 272 g/mol. The van der Waals surface area contributed by atoms with Crippen LogP contribution in [-0.4, -0.2) is 18.6 Å². The summed E-state index contributed by atoms with van der Waals surface area (Å²) in [5, 5.41) is 2.64. The number of unbranched alkanes of at least 4 members (excludes halogenated alkanes) is 1. The zero-order valence-corrected chi connectivity index (χ0v) is 11.0. The first-order valence-corrected chi connectivity index (χ1v) is 6.14. The molecule has 6 heteroatoms. The molecule has 0 saturated heterocycles. The van der Waals surface area contributed by atoms with E-state index in [9.17, 15) is 13.6 Å². The topological polar surface area (TPSA) is 64.3 Å². The molecule has 0 spiro atoms. The highest BCUT2D eigenvalue weighted by Crippen LogP contribution is 2.23. The van der Waals surface area contributed by atoms with Gasteiger partial charge in [0.25, 0.3) is 5.91 Å². The van der Waals surface area contributed by atoms with Crippen LogP contribution in [0.1, 0.15) is 26.7 Å². The largest absolute Gasteiger partial charge is 0.478 e. The Labute approximate surface area is 110 Å². The first-order valence-electron chi connectivity index (χ1n) is 6.14. The Morgan fingerprint density at radius 2 is 2.11 bits per heavy atom. The molecular weight excluding hydrogens is 254 g/mol. The van der Waals surface area contributed by atoms with Crippen molar-refractivity contribution in [2.24, 2.45) is 0 Å². The van der Waals surface area contributed by atoms with Crippen molar-refractivity contribution in [2.45, 2.75) is 32.8 Å².